The number of carbonyl (C=O) groups is 2. The monoisotopic (exact) mass is 553 g/mol. The third-order valence-electron chi connectivity index (χ3n) is 5.89. The highest BCUT2D eigenvalue weighted by Gasteiger charge is 2.40. The zero-order valence-electron chi connectivity index (χ0n) is 21.5. The maximum atomic E-state index is 13.7. The zero-order valence-corrected chi connectivity index (χ0v) is 23.3. The van der Waals surface area contributed by atoms with Crippen molar-refractivity contribution in [1.82, 2.24) is 9.79 Å². The highest BCUT2D eigenvalue weighted by molar-refractivity contribution is 7.89. The van der Waals surface area contributed by atoms with E-state index in [0.29, 0.717) is 5.69 Å². The molecule has 1 aliphatic rings. The van der Waals surface area contributed by atoms with Gasteiger partial charge in [0.25, 0.3) is 5.91 Å². The van der Waals surface area contributed by atoms with E-state index in [2.05, 4.69) is 10.8 Å². The van der Waals surface area contributed by atoms with Gasteiger partial charge in [0.05, 0.1) is 4.90 Å². The molecule has 2 amide bonds. The number of amides is 2. The minimum atomic E-state index is -4.06. The normalized spacial score (nSPS) is 15.8. The van der Waals surface area contributed by atoms with Crippen LogP contribution < -0.4 is 10.8 Å². The van der Waals surface area contributed by atoms with Gasteiger partial charge in [0, 0.05) is 12.2 Å². The maximum Gasteiger partial charge on any atom is 0.411 e. The third kappa shape index (κ3) is 6.87. The van der Waals surface area contributed by atoms with Crippen molar-refractivity contribution in [2.24, 2.45) is 0 Å². The fourth-order valence-electron chi connectivity index (χ4n) is 3.97. The number of ether oxygens (including phenoxy) is 1. The summed E-state index contributed by atoms with van der Waals surface area (Å²) in [5.74, 6) is -0.509. The van der Waals surface area contributed by atoms with E-state index in [1.807, 2.05) is 74.2 Å². The van der Waals surface area contributed by atoms with Crippen LogP contribution in [0.4, 0.5) is 10.5 Å². The van der Waals surface area contributed by atoms with Crippen LogP contribution in [0.5, 0.6) is 0 Å². The van der Waals surface area contributed by atoms with Gasteiger partial charge in [-0.1, -0.05) is 54.6 Å². The molecule has 3 aromatic carbocycles. The second-order valence-corrected chi connectivity index (χ2v) is 16.3. The lowest BCUT2D eigenvalue weighted by atomic mass is 9.95. The second kappa shape index (κ2) is 11.5. The molecule has 2 N–H and O–H groups in total. The summed E-state index contributed by atoms with van der Waals surface area (Å²) in [6, 6.07) is 21.5. The number of nitrogens with zero attached hydrogens (tertiary/aromatic N) is 1. The lowest BCUT2D eigenvalue weighted by molar-refractivity contribution is -0.132. The standard InChI is InChI=1S/C27H31N3O6SSi/c1-38(2,3)36-29-26(31)25-17-21-11-7-8-12-22(21)18-30(25)37(33,34)24-15-13-23(14-16-24)28-27(32)35-19-20-9-5-4-6-10-20/h4-16,25H,17-19H2,1-3H3,(H,28,32)(H,29,31)/t25-/m1/s1. The summed E-state index contributed by atoms with van der Waals surface area (Å²) in [7, 11) is -6.14. The van der Waals surface area contributed by atoms with E-state index >= 15 is 0 Å². The van der Waals surface area contributed by atoms with Gasteiger partial charge in [-0.25, -0.2) is 18.7 Å². The Bertz CT molecular complexity index is 1390. The van der Waals surface area contributed by atoms with E-state index < -0.39 is 36.4 Å². The Morgan fingerprint density at radius 3 is 2.21 bits per heavy atom. The molecular weight excluding hydrogens is 522 g/mol. The summed E-state index contributed by atoms with van der Waals surface area (Å²) < 4.78 is 39.4. The van der Waals surface area contributed by atoms with Gasteiger partial charge in [-0.2, -0.15) is 4.31 Å². The molecule has 38 heavy (non-hydrogen) atoms. The second-order valence-electron chi connectivity index (χ2n) is 9.93. The molecule has 3 aromatic rings. The molecular formula is C27H31N3O6SSi. The average Bonchev–Trinajstić information content (AvgIpc) is 2.90. The highest BCUT2D eigenvalue weighted by Crippen LogP contribution is 2.30. The zero-order chi connectivity index (χ0) is 27.3. The lowest BCUT2D eigenvalue weighted by Gasteiger charge is -2.35. The lowest BCUT2D eigenvalue weighted by Crippen LogP contribution is -2.53. The highest BCUT2D eigenvalue weighted by atomic mass is 32.2. The van der Waals surface area contributed by atoms with E-state index in [0.717, 1.165) is 16.7 Å². The Kier molecular flexibility index (Phi) is 8.31. The SMILES string of the molecule is C[Si](C)(C)ONC(=O)[C@H]1Cc2ccccc2CN1S(=O)(=O)c1ccc(NC(=O)OCc2ccccc2)cc1. The van der Waals surface area contributed by atoms with Gasteiger partial charge < -0.3 is 9.26 Å². The summed E-state index contributed by atoms with van der Waals surface area (Å²) in [4.78, 5) is 25.3. The largest absolute Gasteiger partial charge is 0.444 e. The van der Waals surface area contributed by atoms with Crippen LogP contribution in [0.3, 0.4) is 0 Å². The predicted molar refractivity (Wildman–Crippen MR) is 146 cm³/mol. The molecule has 0 fully saturated rings. The number of hydroxylamine groups is 1. The molecule has 4 rings (SSSR count). The first-order chi connectivity index (χ1) is 18.0. The van der Waals surface area contributed by atoms with Crippen LogP contribution in [0.15, 0.2) is 83.8 Å². The van der Waals surface area contributed by atoms with E-state index in [-0.39, 0.29) is 24.5 Å². The summed E-state index contributed by atoms with van der Waals surface area (Å²) >= 11 is 0. The van der Waals surface area contributed by atoms with E-state index in [9.17, 15) is 18.0 Å². The van der Waals surface area contributed by atoms with Gasteiger partial charge >= 0.3 is 6.09 Å². The molecule has 200 valence electrons. The summed E-state index contributed by atoms with van der Waals surface area (Å²) in [5, 5.41) is 2.59. The minimum Gasteiger partial charge on any atom is -0.444 e. The molecule has 0 aliphatic carbocycles. The predicted octanol–water partition coefficient (Wildman–Crippen LogP) is 4.43. The van der Waals surface area contributed by atoms with E-state index in [1.165, 1.54) is 28.6 Å². The summed E-state index contributed by atoms with van der Waals surface area (Å²) in [6.45, 7) is 5.93. The van der Waals surface area contributed by atoms with Gasteiger partial charge in [-0.15, -0.1) is 0 Å². The van der Waals surface area contributed by atoms with Gasteiger partial charge in [0.2, 0.25) is 18.3 Å². The number of hydrogen-bond acceptors (Lipinski definition) is 6. The van der Waals surface area contributed by atoms with E-state index in [4.69, 9.17) is 9.26 Å². The minimum absolute atomic E-state index is 0.00370. The molecule has 0 radical (unpaired) electrons. The van der Waals surface area contributed by atoms with Crippen molar-refractivity contribution in [3.8, 4) is 0 Å². The van der Waals surface area contributed by atoms with Gasteiger partial charge in [-0.05, 0) is 67.0 Å². The van der Waals surface area contributed by atoms with Gasteiger partial charge in [0.15, 0.2) is 0 Å². The Morgan fingerprint density at radius 1 is 0.921 bits per heavy atom. The van der Waals surface area contributed by atoms with E-state index in [1.54, 1.807) is 0 Å². The average molecular weight is 554 g/mol. The van der Waals surface area contributed by atoms with Crippen LogP contribution in [0.2, 0.25) is 19.6 Å². The maximum absolute atomic E-state index is 13.7. The molecule has 0 aromatic heterocycles. The van der Waals surface area contributed by atoms with Crippen molar-refractivity contribution in [3.63, 3.8) is 0 Å². The molecule has 11 heteroatoms. The van der Waals surface area contributed by atoms with Crippen molar-refractivity contribution in [1.29, 1.82) is 0 Å². The number of rotatable bonds is 8. The molecule has 0 bridgehead atoms. The summed E-state index contributed by atoms with van der Waals surface area (Å²) in [5.41, 5.74) is 5.47. The molecule has 1 heterocycles. The van der Waals surface area contributed by atoms with Crippen molar-refractivity contribution < 1.29 is 27.3 Å². The van der Waals surface area contributed by atoms with Gasteiger partial charge in [0.1, 0.15) is 12.6 Å². The molecule has 0 saturated heterocycles. The van der Waals surface area contributed by atoms with Crippen LogP contribution in [0.1, 0.15) is 16.7 Å². The molecule has 0 unspecified atom stereocenters. The molecule has 0 spiro atoms. The van der Waals surface area contributed by atoms with Crippen molar-refractivity contribution in [3.05, 3.63) is 95.6 Å². The number of benzene rings is 3. The Hall–Kier alpha value is -3.51. The van der Waals surface area contributed by atoms with Crippen LogP contribution in [0.25, 0.3) is 0 Å². The number of sulfonamides is 1. The fourth-order valence-corrected chi connectivity index (χ4v) is 5.94. The Balaban J connectivity index is 1.49. The Morgan fingerprint density at radius 2 is 1.55 bits per heavy atom. The first-order valence-corrected chi connectivity index (χ1v) is 17.0. The van der Waals surface area contributed by atoms with Crippen LogP contribution in [-0.4, -0.2) is 39.1 Å². The third-order valence-corrected chi connectivity index (χ3v) is 8.47. The number of anilines is 1. The van der Waals surface area contributed by atoms with Crippen molar-refractivity contribution >= 4 is 36.0 Å². The van der Waals surface area contributed by atoms with Crippen LogP contribution in [-0.2, 0) is 43.7 Å². The number of hydrogen-bond donors (Lipinski definition) is 2. The quantitative estimate of drug-likeness (QED) is 0.315. The van der Waals surface area contributed by atoms with Crippen molar-refractivity contribution in [2.75, 3.05) is 5.32 Å². The molecule has 9 nitrogen and oxygen atoms in total. The van der Waals surface area contributed by atoms with Gasteiger partial charge in [-0.3, -0.25) is 10.1 Å². The topological polar surface area (TPSA) is 114 Å². The summed E-state index contributed by atoms with van der Waals surface area (Å²) in [6.07, 6.45) is -0.431. The number of fused-ring (bicyclic) bond motifs is 1. The number of nitrogens with one attached hydrogen (secondary N) is 2. The molecule has 1 aliphatic heterocycles. The first kappa shape index (κ1) is 27.5. The van der Waals surface area contributed by atoms with Crippen molar-refractivity contribution in [2.45, 2.75) is 50.2 Å². The van der Waals surface area contributed by atoms with Crippen LogP contribution >= 0.6 is 0 Å². The van der Waals surface area contributed by atoms with Crippen LogP contribution in [0, 0.1) is 0 Å². The smallest absolute Gasteiger partial charge is 0.411 e. The Labute approximate surface area is 223 Å². The molecule has 0 saturated carbocycles. The fraction of sp³-hybridized carbons (Fsp3) is 0.259. The molecule has 1 atom stereocenters. The number of carbonyl (C=O) groups excluding carboxylic acids is 2. The first-order valence-electron chi connectivity index (χ1n) is 12.2.